The maximum atomic E-state index is 10.7. The highest BCUT2D eigenvalue weighted by atomic mass is 16.4. The number of carboxylic acids is 1. The molecule has 86 valence electrons. The Bertz CT molecular complexity index is 586. The Morgan fingerprint density at radius 1 is 1.29 bits per heavy atom. The van der Waals surface area contributed by atoms with Crippen LogP contribution in [0.4, 0.5) is 0 Å². The van der Waals surface area contributed by atoms with Gasteiger partial charge in [-0.3, -0.25) is 0 Å². The second-order valence-corrected chi connectivity index (χ2v) is 4.18. The second kappa shape index (κ2) is 3.73. The fourth-order valence-electron chi connectivity index (χ4n) is 2.21. The average Bonchev–Trinajstić information content (AvgIpc) is 2.97. The van der Waals surface area contributed by atoms with Gasteiger partial charge in [-0.2, -0.15) is 0 Å². The molecule has 0 spiro atoms. The molecule has 0 bridgehead atoms. The molecule has 2 aromatic rings. The minimum atomic E-state index is -1.07. The highest BCUT2D eigenvalue weighted by molar-refractivity contribution is 5.85. The van der Waals surface area contributed by atoms with Crippen molar-refractivity contribution in [1.29, 1.82) is 0 Å². The molecule has 3 rings (SSSR count). The molecule has 0 saturated carbocycles. The van der Waals surface area contributed by atoms with Crippen molar-refractivity contribution in [1.82, 2.24) is 4.98 Å². The normalized spacial score (nSPS) is 13.6. The van der Waals surface area contributed by atoms with Gasteiger partial charge in [-0.15, -0.1) is 0 Å². The quantitative estimate of drug-likeness (QED) is 0.859. The Hall–Kier alpha value is -2.10. The molecule has 1 aromatic heterocycles. The highest BCUT2D eigenvalue weighted by Gasteiger charge is 2.15. The van der Waals surface area contributed by atoms with Gasteiger partial charge in [0.05, 0.1) is 0 Å². The Kier molecular flexibility index (Phi) is 2.21. The lowest BCUT2D eigenvalue weighted by molar-refractivity contribution is 0.0690. The first-order valence-corrected chi connectivity index (χ1v) is 5.55. The Balaban J connectivity index is 2.00. The minimum Gasteiger partial charge on any atom is -0.476 e. The number of aryl methyl sites for hydroxylation is 2. The second-order valence-electron chi connectivity index (χ2n) is 4.18. The SMILES string of the molecule is O=C(O)c1coc(-c2ccc3c(c2)CCC3)n1. The molecule has 1 aliphatic rings. The lowest BCUT2D eigenvalue weighted by atomic mass is 10.1. The highest BCUT2D eigenvalue weighted by Crippen LogP contribution is 2.27. The van der Waals surface area contributed by atoms with Crippen molar-refractivity contribution < 1.29 is 14.3 Å². The summed E-state index contributed by atoms with van der Waals surface area (Å²) in [7, 11) is 0. The van der Waals surface area contributed by atoms with Crippen LogP contribution in [0.3, 0.4) is 0 Å². The molecule has 0 atom stereocenters. The fraction of sp³-hybridized carbons (Fsp3) is 0.231. The molecule has 1 heterocycles. The van der Waals surface area contributed by atoms with E-state index in [1.54, 1.807) is 0 Å². The zero-order valence-corrected chi connectivity index (χ0v) is 9.14. The molecule has 0 unspecified atom stereocenters. The van der Waals surface area contributed by atoms with Crippen LogP contribution < -0.4 is 0 Å². The standard InChI is InChI=1S/C13H11NO3/c15-13(16)11-7-17-12(14-11)10-5-4-8-2-1-3-9(8)6-10/h4-7H,1-3H2,(H,15,16). The van der Waals surface area contributed by atoms with Gasteiger partial charge in [0, 0.05) is 5.56 Å². The third-order valence-electron chi connectivity index (χ3n) is 3.07. The summed E-state index contributed by atoms with van der Waals surface area (Å²) in [5.74, 6) is -0.696. The lowest BCUT2D eigenvalue weighted by Gasteiger charge is -2.00. The van der Waals surface area contributed by atoms with Crippen LogP contribution in [0.15, 0.2) is 28.9 Å². The zero-order chi connectivity index (χ0) is 11.8. The molecule has 0 radical (unpaired) electrons. The van der Waals surface area contributed by atoms with E-state index < -0.39 is 5.97 Å². The summed E-state index contributed by atoms with van der Waals surface area (Å²) >= 11 is 0. The van der Waals surface area contributed by atoms with Crippen molar-refractivity contribution in [3.63, 3.8) is 0 Å². The molecular weight excluding hydrogens is 218 g/mol. The number of aromatic carboxylic acids is 1. The summed E-state index contributed by atoms with van der Waals surface area (Å²) < 4.78 is 5.18. The van der Waals surface area contributed by atoms with E-state index in [1.165, 1.54) is 23.8 Å². The van der Waals surface area contributed by atoms with Gasteiger partial charge >= 0.3 is 5.97 Å². The van der Waals surface area contributed by atoms with Crippen LogP contribution in [0.1, 0.15) is 28.0 Å². The minimum absolute atomic E-state index is 0.0551. The number of hydrogen-bond acceptors (Lipinski definition) is 3. The van der Waals surface area contributed by atoms with Crippen LogP contribution in [0.5, 0.6) is 0 Å². The van der Waals surface area contributed by atoms with E-state index in [1.807, 2.05) is 12.1 Å². The Morgan fingerprint density at radius 2 is 2.12 bits per heavy atom. The third-order valence-corrected chi connectivity index (χ3v) is 3.07. The van der Waals surface area contributed by atoms with E-state index >= 15 is 0 Å². The fourth-order valence-corrected chi connectivity index (χ4v) is 2.21. The number of aromatic nitrogens is 1. The number of oxazole rings is 1. The average molecular weight is 229 g/mol. The maximum Gasteiger partial charge on any atom is 0.357 e. The van der Waals surface area contributed by atoms with E-state index in [4.69, 9.17) is 9.52 Å². The molecule has 0 fully saturated rings. The molecule has 1 aromatic carbocycles. The van der Waals surface area contributed by atoms with Gasteiger partial charge in [0.2, 0.25) is 5.89 Å². The number of carbonyl (C=O) groups is 1. The third kappa shape index (κ3) is 1.71. The summed E-state index contributed by atoms with van der Waals surface area (Å²) in [5.41, 5.74) is 3.48. The molecule has 4 heteroatoms. The molecule has 0 aliphatic heterocycles. The van der Waals surface area contributed by atoms with Gasteiger partial charge in [0.25, 0.3) is 0 Å². The molecular formula is C13H11NO3. The summed E-state index contributed by atoms with van der Waals surface area (Å²) in [6.07, 6.45) is 4.56. The topological polar surface area (TPSA) is 63.3 Å². The van der Waals surface area contributed by atoms with E-state index in [0.717, 1.165) is 18.4 Å². The van der Waals surface area contributed by atoms with Crippen molar-refractivity contribution >= 4 is 5.97 Å². The number of hydrogen-bond donors (Lipinski definition) is 1. The zero-order valence-electron chi connectivity index (χ0n) is 9.14. The van der Waals surface area contributed by atoms with Crippen LogP contribution in [0.2, 0.25) is 0 Å². The van der Waals surface area contributed by atoms with E-state index in [9.17, 15) is 4.79 Å². The van der Waals surface area contributed by atoms with Crippen LogP contribution in [0.25, 0.3) is 11.5 Å². The molecule has 0 amide bonds. The van der Waals surface area contributed by atoms with Crippen LogP contribution in [0, 0.1) is 0 Å². The van der Waals surface area contributed by atoms with Crippen molar-refractivity contribution in [2.75, 3.05) is 0 Å². The van der Waals surface area contributed by atoms with Gasteiger partial charge in [0.1, 0.15) is 6.26 Å². The van der Waals surface area contributed by atoms with Crippen LogP contribution in [-0.4, -0.2) is 16.1 Å². The van der Waals surface area contributed by atoms with Gasteiger partial charge < -0.3 is 9.52 Å². The van der Waals surface area contributed by atoms with E-state index in [0.29, 0.717) is 5.89 Å². The maximum absolute atomic E-state index is 10.7. The summed E-state index contributed by atoms with van der Waals surface area (Å²) in [4.78, 5) is 14.6. The first-order valence-electron chi connectivity index (χ1n) is 5.55. The van der Waals surface area contributed by atoms with Crippen molar-refractivity contribution in [3.8, 4) is 11.5 Å². The summed E-state index contributed by atoms with van der Waals surface area (Å²) in [5, 5.41) is 8.78. The number of benzene rings is 1. The number of carboxylic acid groups (broad SMARTS) is 1. The van der Waals surface area contributed by atoms with E-state index in [-0.39, 0.29) is 5.69 Å². The predicted molar refractivity (Wildman–Crippen MR) is 60.9 cm³/mol. The van der Waals surface area contributed by atoms with Gasteiger partial charge in [0.15, 0.2) is 5.69 Å². The number of fused-ring (bicyclic) bond motifs is 1. The van der Waals surface area contributed by atoms with Crippen molar-refractivity contribution in [2.45, 2.75) is 19.3 Å². The Labute approximate surface area is 97.9 Å². The lowest BCUT2D eigenvalue weighted by Crippen LogP contribution is -1.95. The number of nitrogens with zero attached hydrogens (tertiary/aromatic N) is 1. The summed E-state index contributed by atoms with van der Waals surface area (Å²) in [6, 6.07) is 6.05. The molecule has 1 aliphatic carbocycles. The summed E-state index contributed by atoms with van der Waals surface area (Å²) in [6.45, 7) is 0. The van der Waals surface area contributed by atoms with Crippen LogP contribution >= 0.6 is 0 Å². The largest absolute Gasteiger partial charge is 0.476 e. The molecule has 1 N–H and O–H groups in total. The monoisotopic (exact) mass is 229 g/mol. The van der Waals surface area contributed by atoms with Gasteiger partial charge in [-0.25, -0.2) is 9.78 Å². The smallest absolute Gasteiger partial charge is 0.357 e. The first-order chi connectivity index (χ1) is 8.24. The predicted octanol–water partition coefficient (Wildman–Crippen LogP) is 2.53. The molecule has 4 nitrogen and oxygen atoms in total. The van der Waals surface area contributed by atoms with Crippen LogP contribution in [-0.2, 0) is 12.8 Å². The molecule has 0 saturated heterocycles. The van der Waals surface area contributed by atoms with Gasteiger partial charge in [-0.1, -0.05) is 6.07 Å². The van der Waals surface area contributed by atoms with E-state index in [2.05, 4.69) is 11.1 Å². The number of rotatable bonds is 2. The Morgan fingerprint density at radius 3 is 2.88 bits per heavy atom. The van der Waals surface area contributed by atoms with Crippen molar-refractivity contribution in [3.05, 3.63) is 41.3 Å². The van der Waals surface area contributed by atoms with Gasteiger partial charge in [-0.05, 0) is 42.5 Å². The first kappa shape index (κ1) is 10.1. The van der Waals surface area contributed by atoms with Crippen molar-refractivity contribution in [2.24, 2.45) is 0 Å². The molecule has 17 heavy (non-hydrogen) atoms.